The number of rotatable bonds is 7. The first-order valence-corrected chi connectivity index (χ1v) is 11.2. The number of carbonyl (C=O) groups is 1. The Kier molecular flexibility index (Phi) is 5.40. The van der Waals surface area contributed by atoms with E-state index in [-0.39, 0.29) is 11.3 Å². The summed E-state index contributed by atoms with van der Waals surface area (Å²) >= 11 is 0. The lowest BCUT2D eigenvalue weighted by atomic mass is 10.00. The number of allylic oxidation sites excluding steroid dienone is 1. The van der Waals surface area contributed by atoms with Crippen molar-refractivity contribution in [1.82, 2.24) is 9.97 Å². The molecule has 1 aromatic carbocycles. The molecule has 0 spiro atoms. The van der Waals surface area contributed by atoms with Crippen LogP contribution in [0.2, 0.25) is 0 Å². The minimum atomic E-state index is -3.82. The minimum Gasteiger partial charge on any atom is -0.345 e. The third-order valence-electron chi connectivity index (χ3n) is 4.81. The van der Waals surface area contributed by atoms with Crippen LogP contribution in [0.1, 0.15) is 34.8 Å². The maximum Gasteiger partial charge on any atom is 0.232 e. The van der Waals surface area contributed by atoms with Crippen molar-refractivity contribution >= 4 is 44.3 Å². The van der Waals surface area contributed by atoms with Crippen molar-refractivity contribution in [3.63, 3.8) is 0 Å². The number of H-pyrrole nitrogens is 1. The van der Waals surface area contributed by atoms with E-state index in [0.29, 0.717) is 29.6 Å². The van der Waals surface area contributed by atoms with Crippen molar-refractivity contribution in [2.45, 2.75) is 13.3 Å². The monoisotopic (exact) mass is 444 g/mol. The van der Waals surface area contributed by atoms with Gasteiger partial charge < -0.3 is 4.98 Å². The summed E-state index contributed by atoms with van der Waals surface area (Å²) in [4.78, 5) is 24.3. The van der Waals surface area contributed by atoms with Gasteiger partial charge in [-0.25, -0.2) is 22.2 Å². The number of halogens is 2. The summed E-state index contributed by atoms with van der Waals surface area (Å²) in [6, 6.07) is 3.51. The SMILES string of the molecule is CCCS(=O)(=O)Nc1ccc(F)c(C(=O)c2c[nH]c3ncc(C4=CCN=C4)cc23)c1F. The Bertz CT molecular complexity index is 1360. The molecule has 0 aliphatic carbocycles. The van der Waals surface area contributed by atoms with Crippen LogP contribution >= 0.6 is 0 Å². The van der Waals surface area contributed by atoms with Gasteiger partial charge in [-0.2, -0.15) is 0 Å². The molecule has 2 aromatic heterocycles. The minimum absolute atomic E-state index is 0.0197. The Balaban J connectivity index is 1.78. The van der Waals surface area contributed by atoms with Crippen molar-refractivity contribution in [3.8, 4) is 0 Å². The molecule has 31 heavy (non-hydrogen) atoms. The van der Waals surface area contributed by atoms with Gasteiger partial charge in [0.25, 0.3) is 0 Å². The van der Waals surface area contributed by atoms with Gasteiger partial charge in [0.15, 0.2) is 5.82 Å². The van der Waals surface area contributed by atoms with Crippen LogP contribution in [0.4, 0.5) is 14.5 Å². The highest BCUT2D eigenvalue weighted by atomic mass is 32.2. The topological polar surface area (TPSA) is 104 Å². The summed E-state index contributed by atoms with van der Waals surface area (Å²) in [6.45, 7) is 2.20. The number of hydrogen-bond donors (Lipinski definition) is 2. The highest BCUT2D eigenvalue weighted by Crippen LogP contribution is 2.28. The van der Waals surface area contributed by atoms with Crippen LogP contribution in [0, 0.1) is 11.6 Å². The maximum atomic E-state index is 15.0. The number of pyridine rings is 1. The number of nitrogens with one attached hydrogen (secondary N) is 2. The standard InChI is InChI=1S/C21H18F2N4O3S/c1-2-7-31(29,30)27-17-4-3-16(22)18(19(17)23)20(28)15-11-26-21-14(15)8-13(10-25-21)12-5-6-24-9-12/h3-5,8-11,27H,2,6-7H2,1H3,(H,25,26). The van der Waals surface area contributed by atoms with Gasteiger partial charge in [-0.05, 0) is 30.2 Å². The lowest BCUT2D eigenvalue weighted by Crippen LogP contribution is -2.18. The van der Waals surface area contributed by atoms with E-state index in [1.54, 1.807) is 25.4 Å². The van der Waals surface area contributed by atoms with Gasteiger partial charge >= 0.3 is 0 Å². The molecule has 4 rings (SSSR count). The number of aliphatic imine (C=N–C) groups is 1. The van der Waals surface area contributed by atoms with E-state index in [9.17, 15) is 17.6 Å². The van der Waals surface area contributed by atoms with Crippen molar-refractivity contribution < 1.29 is 22.0 Å². The van der Waals surface area contributed by atoms with E-state index in [0.717, 1.165) is 17.7 Å². The molecule has 0 saturated heterocycles. The van der Waals surface area contributed by atoms with Crippen LogP contribution in [0.25, 0.3) is 16.6 Å². The van der Waals surface area contributed by atoms with Gasteiger partial charge in [-0.3, -0.25) is 14.5 Å². The normalized spacial score (nSPS) is 13.6. The molecule has 0 fully saturated rings. The third-order valence-corrected chi connectivity index (χ3v) is 6.29. The Hall–Kier alpha value is -3.40. The molecule has 0 atom stereocenters. The predicted molar refractivity (Wildman–Crippen MR) is 115 cm³/mol. The highest BCUT2D eigenvalue weighted by molar-refractivity contribution is 7.92. The summed E-state index contributed by atoms with van der Waals surface area (Å²) in [5.41, 5.74) is 0.617. The Morgan fingerprint density at radius 1 is 1.29 bits per heavy atom. The average molecular weight is 444 g/mol. The summed E-state index contributed by atoms with van der Waals surface area (Å²) < 4.78 is 55.6. The van der Waals surface area contributed by atoms with Crippen molar-refractivity contribution in [3.05, 3.63) is 65.0 Å². The Morgan fingerprint density at radius 3 is 2.81 bits per heavy atom. The molecule has 10 heteroatoms. The molecular weight excluding hydrogens is 426 g/mol. The molecule has 0 saturated carbocycles. The second-order valence-corrected chi connectivity index (χ2v) is 8.85. The summed E-state index contributed by atoms with van der Waals surface area (Å²) in [5.74, 6) is -3.52. The van der Waals surface area contributed by atoms with Gasteiger partial charge in [-0.15, -0.1) is 0 Å². The number of benzene rings is 1. The number of aromatic amines is 1. The van der Waals surface area contributed by atoms with Crippen molar-refractivity contribution in [2.75, 3.05) is 17.0 Å². The molecule has 160 valence electrons. The van der Waals surface area contributed by atoms with Gasteiger partial charge in [0.1, 0.15) is 11.5 Å². The van der Waals surface area contributed by atoms with E-state index >= 15 is 4.39 Å². The van der Waals surface area contributed by atoms with Gasteiger partial charge in [-0.1, -0.05) is 13.0 Å². The number of nitrogens with zero attached hydrogens (tertiary/aromatic N) is 2. The molecular formula is C21H18F2N4O3S. The third kappa shape index (κ3) is 3.98. The number of carbonyl (C=O) groups excluding carboxylic acids is 1. The number of ketones is 1. The predicted octanol–water partition coefficient (Wildman–Crippen LogP) is 3.69. The van der Waals surface area contributed by atoms with Crippen molar-refractivity contribution in [1.29, 1.82) is 0 Å². The number of hydrogen-bond acceptors (Lipinski definition) is 5. The maximum absolute atomic E-state index is 15.0. The summed E-state index contributed by atoms with van der Waals surface area (Å²) in [5, 5.41) is 0.388. The lowest BCUT2D eigenvalue weighted by molar-refractivity contribution is 0.103. The fraction of sp³-hybridized carbons (Fsp3) is 0.190. The second-order valence-electron chi connectivity index (χ2n) is 7.01. The van der Waals surface area contributed by atoms with Crippen LogP contribution in [0.5, 0.6) is 0 Å². The number of anilines is 1. The molecule has 2 N–H and O–H groups in total. The molecule has 0 radical (unpaired) electrons. The first kappa shape index (κ1) is 20.9. The second kappa shape index (κ2) is 8.03. The first-order chi connectivity index (χ1) is 14.8. The Labute approximate surface area is 177 Å². The van der Waals surface area contributed by atoms with Gasteiger partial charge in [0.05, 0.1) is 23.5 Å². The molecule has 3 heterocycles. The van der Waals surface area contributed by atoms with Crippen LogP contribution in [0.15, 0.2) is 41.7 Å². The van der Waals surface area contributed by atoms with Crippen LogP contribution in [-0.2, 0) is 10.0 Å². The van der Waals surface area contributed by atoms with Crippen LogP contribution < -0.4 is 4.72 Å². The fourth-order valence-corrected chi connectivity index (χ4v) is 4.49. The number of fused-ring (bicyclic) bond motifs is 1. The largest absolute Gasteiger partial charge is 0.345 e. The first-order valence-electron chi connectivity index (χ1n) is 9.51. The quantitative estimate of drug-likeness (QED) is 0.542. The zero-order valence-electron chi connectivity index (χ0n) is 16.4. The molecule has 1 aliphatic heterocycles. The van der Waals surface area contributed by atoms with Gasteiger partial charge in [0, 0.05) is 35.1 Å². The van der Waals surface area contributed by atoms with E-state index < -0.39 is 38.7 Å². The zero-order valence-corrected chi connectivity index (χ0v) is 17.3. The zero-order chi connectivity index (χ0) is 22.2. The van der Waals surface area contributed by atoms with Crippen molar-refractivity contribution in [2.24, 2.45) is 4.99 Å². The van der Waals surface area contributed by atoms with E-state index in [1.165, 1.54) is 6.20 Å². The number of aromatic nitrogens is 2. The highest BCUT2D eigenvalue weighted by Gasteiger charge is 2.26. The Morgan fingerprint density at radius 2 is 2.10 bits per heavy atom. The number of sulfonamides is 1. The molecule has 3 aromatic rings. The van der Waals surface area contributed by atoms with Crippen LogP contribution in [-0.4, -0.2) is 42.7 Å². The fourth-order valence-electron chi connectivity index (χ4n) is 3.36. The van der Waals surface area contributed by atoms with E-state index in [2.05, 4.69) is 19.7 Å². The molecule has 7 nitrogen and oxygen atoms in total. The molecule has 0 bridgehead atoms. The van der Waals surface area contributed by atoms with Crippen LogP contribution in [0.3, 0.4) is 0 Å². The van der Waals surface area contributed by atoms with Gasteiger partial charge in [0.2, 0.25) is 15.8 Å². The average Bonchev–Trinajstić information content (AvgIpc) is 3.39. The van der Waals surface area contributed by atoms with E-state index in [4.69, 9.17) is 0 Å². The van der Waals surface area contributed by atoms with E-state index in [1.807, 2.05) is 6.08 Å². The summed E-state index contributed by atoms with van der Waals surface area (Å²) in [6.07, 6.45) is 6.83. The molecule has 0 unspecified atom stereocenters. The molecule has 0 amide bonds. The summed E-state index contributed by atoms with van der Waals surface area (Å²) in [7, 11) is -3.82. The molecule has 1 aliphatic rings. The lowest BCUT2D eigenvalue weighted by Gasteiger charge is -2.11. The smallest absolute Gasteiger partial charge is 0.232 e.